The maximum absolute atomic E-state index is 12.3. The Bertz CT molecular complexity index is 678. The summed E-state index contributed by atoms with van der Waals surface area (Å²) < 4.78 is 27.2. The summed E-state index contributed by atoms with van der Waals surface area (Å²) in [7, 11) is -3.57. The molecule has 0 heterocycles. The summed E-state index contributed by atoms with van der Waals surface area (Å²) in [5.41, 5.74) is 7.97. The lowest BCUT2D eigenvalue weighted by atomic mass is 9.92. The summed E-state index contributed by atoms with van der Waals surface area (Å²) in [4.78, 5) is 11.9. The van der Waals surface area contributed by atoms with Crippen LogP contribution in [-0.4, -0.2) is 33.5 Å². The van der Waals surface area contributed by atoms with Crippen molar-refractivity contribution >= 4 is 28.3 Å². The number of fused-ring (bicyclic) bond motifs is 1. The highest BCUT2D eigenvalue weighted by atomic mass is 35.5. The highest BCUT2D eigenvalue weighted by molar-refractivity contribution is 7.89. The normalized spacial score (nSPS) is 15.0. The lowest BCUT2D eigenvalue weighted by molar-refractivity contribution is -0.120. The fourth-order valence-corrected chi connectivity index (χ4v) is 3.87. The Morgan fingerprint density at radius 3 is 2.56 bits per heavy atom. The van der Waals surface area contributed by atoms with E-state index >= 15 is 0 Å². The van der Waals surface area contributed by atoms with E-state index in [0.717, 1.165) is 31.2 Å². The quantitative estimate of drug-likeness (QED) is 0.627. The fourth-order valence-electron chi connectivity index (χ4n) is 2.79. The predicted molar refractivity (Wildman–Crippen MR) is 101 cm³/mol. The topological polar surface area (TPSA) is 101 Å². The van der Waals surface area contributed by atoms with E-state index in [1.165, 1.54) is 5.56 Å². The van der Waals surface area contributed by atoms with E-state index in [-0.39, 0.29) is 42.2 Å². The Labute approximate surface area is 156 Å². The third-order valence-electron chi connectivity index (χ3n) is 4.20. The molecule has 0 radical (unpaired) electrons. The van der Waals surface area contributed by atoms with Gasteiger partial charge >= 0.3 is 0 Å². The van der Waals surface area contributed by atoms with E-state index in [9.17, 15) is 13.2 Å². The van der Waals surface area contributed by atoms with Crippen molar-refractivity contribution in [2.45, 2.75) is 56.4 Å². The van der Waals surface area contributed by atoms with Crippen LogP contribution in [0.4, 0.5) is 0 Å². The largest absolute Gasteiger partial charge is 0.356 e. The molecule has 0 fully saturated rings. The first-order chi connectivity index (χ1) is 11.4. The van der Waals surface area contributed by atoms with Gasteiger partial charge < -0.3 is 11.1 Å². The Balaban J connectivity index is 0.00000312. The van der Waals surface area contributed by atoms with E-state index in [0.29, 0.717) is 13.0 Å². The molecule has 1 aliphatic carbocycles. The molecule has 0 aromatic heterocycles. The third kappa shape index (κ3) is 6.93. The van der Waals surface area contributed by atoms with Crippen LogP contribution in [0.15, 0.2) is 23.1 Å². The molecular weight excluding hydrogens is 362 g/mol. The molecule has 6 nitrogen and oxygen atoms in total. The van der Waals surface area contributed by atoms with Gasteiger partial charge in [-0.3, -0.25) is 4.79 Å². The number of rotatable bonds is 8. The molecule has 4 N–H and O–H groups in total. The Kier molecular flexibility index (Phi) is 8.85. The molecule has 0 aliphatic heterocycles. The van der Waals surface area contributed by atoms with Crippen molar-refractivity contribution in [3.8, 4) is 0 Å². The first-order valence-corrected chi connectivity index (χ1v) is 10.0. The number of sulfonamides is 1. The Morgan fingerprint density at radius 1 is 1.20 bits per heavy atom. The van der Waals surface area contributed by atoms with Gasteiger partial charge in [-0.25, -0.2) is 13.1 Å². The second kappa shape index (κ2) is 10.1. The monoisotopic (exact) mass is 389 g/mol. The highest BCUT2D eigenvalue weighted by Gasteiger charge is 2.17. The van der Waals surface area contributed by atoms with Crippen LogP contribution in [0.5, 0.6) is 0 Å². The number of benzene rings is 1. The van der Waals surface area contributed by atoms with Crippen molar-refractivity contribution in [3.63, 3.8) is 0 Å². The maximum Gasteiger partial charge on any atom is 0.240 e. The van der Waals surface area contributed by atoms with Gasteiger partial charge in [-0.15, -0.1) is 12.4 Å². The molecule has 1 aromatic carbocycles. The van der Waals surface area contributed by atoms with Gasteiger partial charge in [0.15, 0.2) is 0 Å². The van der Waals surface area contributed by atoms with Crippen LogP contribution in [0, 0.1) is 0 Å². The van der Waals surface area contributed by atoms with Crippen LogP contribution in [0.2, 0.25) is 0 Å². The number of hydrogen-bond acceptors (Lipinski definition) is 4. The Hall–Kier alpha value is -1.15. The second-order valence-electron chi connectivity index (χ2n) is 6.40. The molecule has 0 saturated heterocycles. The summed E-state index contributed by atoms with van der Waals surface area (Å²) in [5, 5.41) is 2.73. The number of halogens is 1. The summed E-state index contributed by atoms with van der Waals surface area (Å²) in [6.45, 7) is 2.47. The average Bonchev–Trinajstić information content (AvgIpc) is 2.54. The van der Waals surface area contributed by atoms with Gasteiger partial charge in [0.2, 0.25) is 15.9 Å². The summed E-state index contributed by atoms with van der Waals surface area (Å²) in [6.07, 6.45) is 5.03. The van der Waals surface area contributed by atoms with Crippen LogP contribution in [0.1, 0.15) is 43.7 Å². The first kappa shape index (κ1) is 21.9. The maximum atomic E-state index is 12.3. The van der Waals surface area contributed by atoms with Crippen molar-refractivity contribution in [1.82, 2.24) is 10.0 Å². The lowest BCUT2D eigenvalue weighted by Crippen LogP contribution is -2.32. The smallest absolute Gasteiger partial charge is 0.240 e. The summed E-state index contributed by atoms with van der Waals surface area (Å²) >= 11 is 0. The minimum atomic E-state index is -3.57. The molecule has 1 aromatic rings. The van der Waals surface area contributed by atoms with Crippen molar-refractivity contribution in [2.75, 3.05) is 13.1 Å². The molecule has 0 bridgehead atoms. The molecule has 0 saturated carbocycles. The Morgan fingerprint density at radius 2 is 1.88 bits per heavy atom. The van der Waals surface area contributed by atoms with Gasteiger partial charge in [0, 0.05) is 25.6 Å². The van der Waals surface area contributed by atoms with Gasteiger partial charge in [0.05, 0.1) is 4.90 Å². The fraction of sp³-hybridized carbons (Fsp3) is 0.588. The third-order valence-corrected chi connectivity index (χ3v) is 5.65. The molecule has 0 spiro atoms. The van der Waals surface area contributed by atoms with Crippen molar-refractivity contribution in [3.05, 3.63) is 29.3 Å². The van der Waals surface area contributed by atoms with Crippen molar-refractivity contribution in [2.24, 2.45) is 5.73 Å². The number of nitrogens with one attached hydrogen (secondary N) is 2. The number of nitrogens with two attached hydrogens (primary N) is 1. The average molecular weight is 390 g/mol. The molecule has 2 rings (SSSR count). The minimum absolute atomic E-state index is 0. The zero-order valence-electron chi connectivity index (χ0n) is 14.6. The molecule has 25 heavy (non-hydrogen) atoms. The standard InChI is InChI=1S/C17H27N3O3S.ClH/c1-13(18)8-10-19-17(21)9-11-20-24(22,23)16-7-6-14-4-2-3-5-15(14)12-16;/h6-7,12-13,20H,2-5,8-11,18H2,1H3,(H,19,21);1H. The van der Waals surface area contributed by atoms with Gasteiger partial charge in [-0.1, -0.05) is 6.07 Å². The summed E-state index contributed by atoms with van der Waals surface area (Å²) in [6, 6.07) is 5.35. The van der Waals surface area contributed by atoms with E-state index in [1.807, 2.05) is 13.0 Å². The van der Waals surface area contributed by atoms with Gasteiger partial charge in [-0.2, -0.15) is 0 Å². The zero-order valence-corrected chi connectivity index (χ0v) is 16.2. The van der Waals surface area contributed by atoms with Gasteiger partial charge in [-0.05, 0) is 62.3 Å². The van der Waals surface area contributed by atoms with Crippen LogP contribution >= 0.6 is 12.4 Å². The number of amides is 1. The summed E-state index contributed by atoms with van der Waals surface area (Å²) in [5.74, 6) is -0.177. The van der Waals surface area contributed by atoms with E-state index in [4.69, 9.17) is 5.73 Å². The van der Waals surface area contributed by atoms with Crippen molar-refractivity contribution < 1.29 is 13.2 Å². The number of aryl methyl sites for hydroxylation is 2. The first-order valence-electron chi connectivity index (χ1n) is 8.52. The van der Waals surface area contributed by atoms with Crippen LogP contribution in [0.3, 0.4) is 0 Å². The molecule has 1 atom stereocenters. The van der Waals surface area contributed by atoms with Crippen LogP contribution in [-0.2, 0) is 27.7 Å². The van der Waals surface area contributed by atoms with Gasteiger partial charge in [0.25, 0.3) is 0 Å². The highest BCUT2D eigenvalue weighted by Crippen LogP contribution is 2.23. The van der Waals surface area contributed by atoms with Crippen molar-refractivity contribution in [1.29, 1.82) is 0 Å². The molecule has 142 valence electrons. The number of carbonyl (C=O) groups is 1. The molecule has 1 unspecified atom stereocenters. The zero-order chi connectivity index (χ0) is 17.6. The lowest BCUT2D eigenvalue weighted by Gasteiger charge is -2.16. The number of carbonyl (C=O) groups excluding carboxylic acids is 1. The van der Waals surface area contributed by atoms with E-state index < -0.39 is 10.0 Å². The second-order valence-corrected chi connectivity index (χ2v) is 8.17. The SMILES string of the molecule is CC(N)CCNC(=O)CCNS(=O)(=O)c1ccc2c(c1)CCCC2.Cl. The van der Waals surface area contributed by atoms with Crippen LogP contribution in [0.25, 0.3) is 0 Å². The van der Waals surface area contributed by atoms with E-state index in [1.54, 1.807) is 12.1 Å². The predicted octanol–water partition coefficient (Wildman–Crippen LogP) is 1.51. The van der Waals surface area contributed by atoms with E-state index in [2.05, 4.69) is 10.0 Å². The molecule has 1 aliphatic rings. The molecule has 8 heteroatoms. The minimum Gasteiger partial charge on any atom is -0.356 e. The molecular formula is C17H28ClN3O3S. The number of hydrogen-bond donors (Lipinski definition) is 3. The van der Waals surface area contributed by atoms with Gasteiger partial charge in [0.1, 0.15) is 0 Å². The van der Waals surface area contributed by atoms with Crippen LogP contribution < -0.4 is 15.8 Å². The molecule has 1 amide bonds.